The van der Waals surface area contributed by atoms with E-state index in [1.165, 1.54) is 25.7 Å². The second-order valence-corrected chi connectivity index (χ2v) is 8.51. The van der Waals surface area contributed by atoms with Crippen molar-refractivity contribution in [3.63, 3.8) is 0 Å². The Morgan fingerprint density at radius 1 is 1.15 bits per heavy atom. The van der Waals surface area contributed by atoms with Crippen LogP contribution in [-0.2, 0) is 11.2 Å². The number of rotatable bonds is 4. The van der Waals surface area contributed by atoms with Crippen molar-refractivity contribution < 1.29 is 4.79 Å². The molecule has 1 aromatic heterocycles. The van der Waals surface area contributed by atoms with Crippen molar-refractivity contribution in [3.05, 3.63) is 53.3 Å². The molecular formula is C23H27ClN2O. The highest BCUT2D eigenvalue weighted by molar-refractivity contribution is 6.31. The van der Waals surface area contributed by atoms with Crippen molar-refractivity contribution in [1.29, 1.82) is 0 Å². The van der Waals surface area contributed by atoms with Crippen LogP contribution >= 0.6 is 11.6 Å². The van der Waals surface area contributed by atoms with Crippen molar-refractivity contribution in [1.82, 2.24) is 9.88 Å². The number of amides is 1. The average molecular weight is 383 g/mol. The molecule has 1 unspecified atom stereocenters. The molecule has 3 atom stereocenters. The summed E-state index contributed by atoms with van der Waals surface area (Å²) in [4.78, 5) is 19.4. The first-order valence-electron chi connectivity index (χ1n) is 10.1. The monoisotopic (exact) mass is 382 g/mol. The molecule has 2 fully saturated rings. The predicted molar refractivity (Wildman–Crippen MR) is 110 cm³/mol. The van der Waals surface area contributed by atoms with Gasteiger partial charge in [-0.05, 0) is 54.9 Å². The maximum atomic E-state index is 13.0. The second-order valence-electron chi connectivity index (χ2n) is 8.10. The van der Waals surface area contributed by atoms with E-state index in [2.05, 4.69) is 28.9 Å². The number of likely N-dealkylation sites (tertiary alicyclic amines) is 1. The van der Waals surface area contributed by atoms with Gasteiger partial charge in [0.2, 0.25) is 5.91 Å². The van der Waals surface area contributed by atoms with E-state index in [9.17, 15) is 4.79 Å². The molecule has 4 rings (SSSR count). The first-order valence-corrected chi connectivity index (χ1v) is 10.5. The van der Waals surface area contributed by atoms with E-state index >= 15 is 0 Å². The number of nitrogens with zero attached hydrogens (tertiary/aromatic N) is 2. The van der Waals surface area contributed by atoms with Crippen LogP contribution in [0.5, 0.6) is 0 Å². The number of aromatic nitrogens is 1. The number of pyridine rings is 1. The molecule has 2 aromatic rings. The normalized spacial score (nSPS) is 25.8. The largest absolute Gasteiger partial charge is 0.339 e. The summed E-state index contributed by atoms with van der Waals surface area (Å²) in [5, 5.41) is 0.744. The predicted octanol–water partition coefficient (Wildman–Crippen LogP) is 5.37. The number of halogens is 1. The lowest BCUT2D eigenvalue weighted by atomic mass is 9.85. The van der Waals surface area contributed by atoms with Crippen LogP contribution in [0, 0.1) is 11.8 Å². The SMILES string of the molecule is C[C@@H]1CCCC[C@@H]1N1CCC(Cc2ccc(-c3cccnc3)cc2Cl)C1=O. The summed E-state index contributed by atoms with van der Waals surface area (Å²) < 4.78 is 0. The molecule has 0 N–H and O–H groups in total. The fraction of sp³-hybridized carbons (Fsp3) is 0.478. The zero-order valence-electron chi connectivity index (χ0n) is 15.9. The van der Waals surface area contributed by atoms with Gasteiger partial charge in [-0.15, -0.1) is 0 Å². The molecule has 1 aromatic carbocycles. The summed E-state index contributed by atoms with van der Waals surface area (Å²) in [5.41, 5.74) is 3.19. The summed E-state index contributed by atoms with van der Waals surface area (Å²) in [7, 11) is 0. The van der Waals surface area contributed by atoms with Gasteiger partial charge >= 0.3 is 0 Å². The van der Waals surface area contributed by atoms with E-state index in [1.54, 1.807) is 6.20 Å². The molecule has 0 radical (unpaired) electrons. The Kier molecular flexibility index (Phi) is 5.49. The smallest absolute Gasteiger partial charge is 0.226 e. The lowest BCUT2D eigenvalue weighted by Crippen LogP contribution is -2.43. The summed E-state index contributed by atoms with van der Waals surface area (Å²) in [6.07, 6.45) is 10.3. The van der Waals surface area contributed by atoms with Crippen LogP contribution < -0.4 is 0 Å². The van der Waals surface area contributed by atoms with E-state index in [0.717, 1.165) is 41.1 Å². The van der Waals surface area contributed by atoms with Crippen molar-refractivity contribution in [2.45, 2.75) is 51.5 Å². The Morgan fingerprint density at radius 2 is 2.00 bits per heavy atom. The molecular weight excluding hydrogens is 356 g/mol. The molecule has 1 aliphatic heterocycles. The third-order valence-electron chi connectivity index (χ3n) is 6.33. The lowest BCUT2D eigenvalue weighted by molar-refractivity contribution is -0.134. The Balaban J connectivity index is 1.46. The van der Waals surface area contributed by atoms with Gasteiger partial charge in [0.15, 0.2) is 0 Å². The Bertz CT molecular complexity index is 807. The minimum absolute atomic E-state index is 0.0702. The Hall–Kier alpha value is -1.87. The Labute approximate surface area is 166 Å². The van der Waals surface area contributed by atoms with Crippen molar-refractivity contribution in [3.8, 4) is 11.1 Å². The van der Waals surface area contributed by atoms with Gasteiger partial charge in [0.05, 0.1) is 0 Å². The van der Waals surface area contributed by atoms with Crippen LogP contribution in [0.3, 0.4) is 0 Å². The molecule has 142 valence electrons. The molecule has 1 aliphatic carbocycles. The molecule has 1 saturated heterocycles. The molecule has 0 bridgehead atoms. The van der Waals surface area contributed by atoms with Gasteiger partial charge in [-0.2, -0.15) is 0 Å². The first kappa shape index (κ1) is 18.5. The van der Waals surface area contributed by atoms with Gasteiger partial charge in [-0.3, -0.25) is 9.78 Å². The molecule has 3 nitrogen and oxygen atoms in total. The first-order chi connectivity index (χ1) is 13.1. The van der Waals surface area contributed by atoms with E-state index in [-0.39, 0.29) is 5.92 Å². The average Bonchev–Trinajstić information content (AvgIpc) is 3.05. The maximum Gasteiger partial charge on any atom is 0.226 e. The van der Waals surface area contributed by atoms with Gasteiger partial charge in [-0.25, -0.2) is 0 Å². The van der Waals surface area contributed by atoms with Crippen LogP contribution in [0.25, 0.3) is 11.1 Å². The van der Waals surface area contributed by atoms with Gasteiger partial charge in [0, 0.05) is 41.5 Å². The van der Waals surface area contributed by atoms with Crippen LogP contribution in [0.1, 0.15) is 44.6 Å². The lowest BCUT2D eigenvalue weighted by Gasteiger charge is -2.36. The number of benzene rings is 1. The van der Waals surface area contributed by atoms with Crippen LogP contribution in [0.4, 0.5) is 0 Å². The van der Waals surface area contributed by atoms with Crippen molar-refractivity contribution >= 4 is 17.5 Å². The van der Waals surface area contributed by atoms with Crippen LogP contribution in [-0.4, -0.2) is 28.4 Å². The minimum Gasteiger partial charge on any atom is -0.339 e. The molecule has 0 spiro atoms. The molecule has 2 heterocycles. The number of carbonyl (C=O) groups is 1. The zero-order chi connectivity index (χ0) is 18.8. The highest BCUT2D eigenvalue weighted by Gasteiger charge is 2.38. The molecule has 1 amide bonds. The topological polar surface area (TPSA) is 33.2 Å². The standard InChI is InChI=1S/C23H27ClN2O/c1-16-5-2-3-7-22(16)26-12-10-19(23(26)27)13-18-9-8-17(14-21(18)24)20-6-4-11-25-15-20/h4,6,8-9,11,14-16,19,22H,2-3,5,7,10,12-13H2,1H3/t16-,19?,22+/m1/s1. The van der Waals surface area contributed by atoms with Gasteiger partial charge in [0.1, 0.15) is 0 Å². The van der Waals surface area contributed by atoms with Crippen LogP contribution in [0.15, 0.2) is 42.7 Å². The van der Waals surface area contributed by atoms with E-state index in [4.69, 9.17) is 11.6 Å². The summed E-state index contributed by atoms with van der Waals surface area (Å²) in [6, 6.07) is 10.5. The molecule has 1 saturated carbocycles. The summed E-state index contributed by atoms with van der Waals surface area (Å²) in [6.45, 7) is 3.21. The van der Waals surface area contributed by atoms with E-state index in [0.29, 0.717) is 17.9 Å². The molecule has 4 heteroatoms. The van der Waals surface area contributed by atoms with Gasteiger partial charge in [-0.1, -0.05) is 49.6 Å². The van der Waals surface area contributed by atoms with Crippen LogP contribution in [0.2, 0.25) is 5.02 Å². The quantitative estimate of drug-likeness (QED) is 0.712. The summed E-state index contributed by atoms with van der Waals surface area (Å²) in [5.74, 6) is 1.03. The van der Waals surface area contributed by atoms with Crippen molar-refractivity contribution in [2.24, 2.45) is 11.8 Å². The van der Waals surface area contributed by atoms with Crippen molar-refractivity contribution in [2.75, 3.05) is 6.54 Å². The summed E-state index contributed by atoms with van der Waals surface area (Å²) >= 11 is 6.57. The van der Waals surface area contributed by atoms with E-state index < -0.39 is 0 Å². The Morgan fingerprint density at radius 3 is 2.74 bits per heavy atom. The highest BCUT2D eigenvalue weighted by Crippen LogP contribution is 2.34. The minimum atomic E-state index is 0.0702. The third kappa shape index (κ3) is 3.89. The third-order valence-corrected chi connectivity index (χ3v) is 6.68. The molecule has 2 aliphatic rings. The fourth-order valence-corrected chi connectivity index (χ4v) is 4.99. The van der Waals surface area contributed by atoms with E-state index in [1.807, 2.05) is 24.4 Å². The number of hydrogen-bond donors (Lipinski definition) is 0. The highest BCUT2D eigenvalue weighted by atomic mass is 35.5. The second kappa shape index (κ2) is 8.02. The zero-order valence-corrected chi connectivity index (χ0v) is 16.7. The fourth-order valence-electron chi connectivity index (χ4n) is 4.73. The van der Waals surface area contributed by atoms with Gasteiger partial charge < -0.3 is 4.90 Å². The number of hydrogen-bond acceptors (Lipinski definition) is 2. The maximum absolute atomic E-state index is 13.0. The molecule has 27 heavy (non-hydrogen) atoms. The van der Waals surface area contributed by atoms with Gasteiger partial charge in [0.25, 0.3) is 0 Å². The number of carbonyl (C=O) groups excluding carboxylic acids is 1.